The molecule has 0 saturated heterocycles. The number of carbonyl (C=O) groups excluding carboxylic acids is 1. The molecule has 0 aromatic heterocycles. The van der Waals surface area contributed by atoms with E-state index in [1.165, 1.54) is 7.11 Å². The standard InChI is InChI=1S/C4H8O4S.Na/c1-8-4(5)2-3-9(6)7;/h2-3H2,1H3,(H,6,7);. The predicted octanol–water partition coefficient (Wildman–Crippen LogP) is -0.610. The summed E-state index contributed by atoms with van der Waals surface area (Å²) in [5.41, 5.74) is 0. The van der Waals surface area contributed by atoms with Crippen LogP contribution in [0.3, 0.4) is 0 Å². The van der Waals surface area contributed by atoms with Gasteiger partial charge in [-0.1, -0.05) is 0 Å². The Morgan fingerprint density at radius 2 is 2.20 bits per heavy atom. The molecule has 1 radical (unpaired) electrons. The molecular formula is C4H8NaO4S. The number of hydrogen-bond acceptors (Lipinski definition) is 3. The fraction of sp³-hybridized carbons (Fsp3) is 0.750. The van der Waals surface area contributed by atoms with Gasteiger partial charge in [-0.15, -0.1) is 0 Å². The molecule has 0 amide bonds. The van der Waals surface area contributed by atoms with Crippen LogP contribution in [0.25, 0.3) is 0 Å². The Labute approximate surface area is 83.9 Å². The molecular weight excluding hydrogens is 167 g/mol. The van der Waals surface area contributed by atoms with E-state index in [0.717, 1.165) is 0 Å². The van der Waals surface area contributed by atoms with Gasteiger partial charge in [0.05, 0.1) is 19.3 Å². The molecule has 0 aliphatic carbocycles. The first kappa shape index (κ1) is 13.2. The number of methoxy groups -OCH3 is 1. The smallest absolute Gasteiger partial charge is 0.306 e. The van der Waals surface area contributed by atoms with Gasteiger partial charge in [-0.25, -0.2) is 4.21 Å². The molecule has 55 valence electrons. The normalized spacial score (nSPS) is 11.4. The molecule has 0 aromatic carbocycles. The third kappa shape index (κ3) is 8.58. The first-order valence-electron chi connectivity index (χ1n) is 2.31. The van der Waals surface area contributed by atoms with Crippen molar-refractivity contribution in [3.05, 3.63) is 0 Å². The van der Waals surface area contributed by atoms with E-state index in [1.807, 2.05) is 0 Å². The second-order valence-corrected chi connectivity index (χ2v) is 2.40. The van der Waals surface area contributed by atoms with Crippen molar-refractivity contribution in [3.8, 4) is 0 Å². The zero-order valence-corrected chi connectivity index (χ0v) is 8.81. The number of carbonyl (C=O) groups is 1. The summed E-state index contributed by atoms with van der Waals surface area (Å²) in [6.45, 7) is 0. The van der Waals surface area contributed by atoms with Gasteiger partial charge in [0.2, 0.25) is 0 Å². The monoisotopic (exact) mass is 175 g/mol. The van der Waals surface area contributed by atoms with Crippen LogP contribution in [0.5, 0.6) is 0 Å². The van der Waals surface area contributed by atoms with Gasteiger partial charge in [-0.2, -0.15) is 0 Å². The van der Waals surface area contributed by atoms with Crippen LogP contribution in [-0.4, -0.2) is 57.2 Å². The fourth-order valence-corrected chi connectivity index (χ4v) is 0.614. The van der Waals surface area contributed by atoms with Gasteiger partial charge in [0, 0.05) is 29.6 Å². The molecule has 10 heavy (non-hydrogen) atoms. The molecule has 0 heterocycles. The Kier molecular flexibility index (Phi) is 10.1. The Hall–Kier alpha value is 0.580. The van der Waals surface area contributed by atoms with E-state index in [4.69, 9.17) is 4.55 Å². The van der Waals surface area contributed by atoms with Crippen LogP contribution in [0, 0.1) is 0 Å². The summed E-state index contributed by atoms with van der Waals surface area (Å²) in [5, 5.41) is 0. The average molecular weight is 175 g/mol. The van der Waals surface area contributed by atoms with E-state index >= 15 is 0 Å². The molecule has 0 rings (SSSR count). The van der Waals surface area contributed by atoms with E-state index in [2.05, 4.69) is 4.74 Å². The number of ether oxygens (including phenoxy) is 1. The van der Waals surface area contributed by atoms with Crippen LogP contribution in [0.15, 0.2) is 0 Å². The second kappa shape index (κ2) is 7.68. The Morgan fingerprint density at radius 1 is 1.70 bits per heavy atom. The first-order valence-corrected chi connectivity index (χ1v) is 3.58. The number of hydrogen-bond donors (Lipinski definition) is 1. The zero-order valence-electron chi connectivity index (χ0n) is 5.99. The summed E-state index contributed by atoms with van der Waals surface area (Å²) >= 11 is -1.89. The minimum absolute atomic E-state index is 0. The maximum atomic E-state index is 10.2. The molecule has 0 bridgehead atoms. The minimum Gasteiger partial charge on any atom is -0.469 e. The SMILES string of the molecule is COC(=O)CCS(=O)O.[Na]. The topological polar surface area (TPSA) is 63.6 Å². The van der Waals surface area contributed by atoms with Crippen molar-refractivity contribution < 1.29 is 18.3 Å². The van der Waals surface area contributed by atoms with Crippen LogP contribution in [0.1, 0.15) is 6.42 Å². The van der Waals surface area contributed by atoms with Gasteiger partial charge in [-0.3, -0.25) is 4.79 Å². The molecule has 1 unspecified atom stereocenters. The number of rotatable bonds is 3. The molecule has 0 aliphatic heterocycles. The summed E-state index contributed by atoms with van der Waals surface area (Å²) in [4.78, 5) is 10.2. The Morgan fingerprint density at radius 3 is 2.50 bits per heavy atom. The molecule has 1 atom stereocenters. The van der Waals surface area contributed by atoms with Gasteiger partial charge >= 0.3 is 5.97 Å². The van der Waals surface area contributed by atoms with E-state index in [-0.39, 0.29) is 41.7 Å². The van der Waals surface area contributed by atoms with Crippen molar-refractivity contribution in [1.29, 1.82) is 0 Å². The van der Waals surface area contributed by atoms with Gasteiger partial charge in [0.1, 0.15) is 0 Å². The van der Waals surface area contributed by atoms with Crippen molar-refractivity contribution in [2.24, 2.45) is 0 Å². The van der Waals surface area contributed by atoms with Crippen molar-refractivity contribution in [2.75, 3.05) is 12.9 Å². The maximum Gasteiger partial charge on any atom is 0.306 e. The molecule has 0 saturated carbocycles. The van der Waals surface area contributed by atoms with Gasteiger partial charge in [0.15, 0.2) is 11.1 Å². The largest absolute Gasteiger partial charge is 0.469 e. The van der Waals surface area contributed by atoms with Crippen LogP contribution in [0.4, 0.5) is 0 Å². The van der Waals surface area contributed by atoms with E-state index in [9.17, 15) is 9.00 Å². The van der Waals surface area contributed by atoms with Gasteiger partial charge < -0.3 is 9.29 Å². The van der Waals surface area contributed by atoms with Crippen LogP contribution >= 0.6 is 0 Å². The summed E-state index contributed by atoms with van der Waals surface area (Å²) in [6, 6.07) is 0. The summed E-state index contributed by atoms with van der Waals surface area (Å²) in [6.07, 6.45) is -0.000386. The molecule has 6 heteroatoms. The molecule has 0 aliphatic rings. The minimum atomic E-state index is -1.89. The van der Waals surface area contributed by atoms with E-state index in [0.29, 0.717) is 0 Å². The van der Waals surface area contributed by atoms with E-state index in [1.54, 1.807) is 0 Å². The van der Waals surface area contributed by atoms with Crippen molar-refractivity contribution in [1.82, 2.24) is 0 Å². The average Bonchev–Trinajstić information content (AvgIpc) is 1.83. The van der Waals surface area contributed by atoms with Crippen molar-refractivity contribution in [3.63, 3.8) is 0 Å². The quantitative estimate of drug-likeness (QED) is 0.353. The maximum absolute atomic E-state index is 10.2. The zero-order chi connectivity index (χ0) is 7.28. The Balaban J connectivity index is 0. The predicted molar refractivity (Wildman–Crippen MR) is 38.0 cm³/mol. The first-order chi connectivity index (χ1) is 4.16. The van der Waals surface area contributed by atoms with Crippen LogP contribution in [0.2, 0.25) is 0 Å². The molecule has 0 aromatic rings. The molecule has 4 nitrogen and oxygen atoms in total. The van der Waals surface area contributed by atoms with Gasteiger partial charge in [0.25, 0.3) is 0 Å². The van der Waals surface area contributed by atoms with Gasteiger partial charge in [-0.05, 0) is 0 Å². The van der Waals surface area contributed by atoms with Crippen molar-refractivity contribution >= 4 is 46.6 Å². The number of esters is 1. The summed E-state index contributed by atoms with van der Waals surface area (Å²) in [5.74, 6) is -0.510. The molecule has 0 spiro atoms. The fourth-order valence-electron chi connectivity index (χ4n) is 0.273. The molecule has 0 fully saturated rings. The summed E-state index contributed by atoms with van der Waals surface area (Å²) < 4.78 is 22.3. The van der Waals surface area contributed by atoms with E-state index < -0.39 is 17.0 Å². The Bertz CT molecular complexity index is 126. The third-order valence-electron chi connectivity index (χ3n) is 0.708. The van der Waals surface area contributed by atoms with Crippen LogP contribution in [-0.2, 0) is 20.6 Å². The summed E-state index contributed by atoms with van der Waals surface area (Å²) in [7, 11) is 1.24. The van der Waals surface area contributed by atoms with Crippen LogP contribution < -0.4 is 0 Å². The molecule has 1 N–H and O–H groups in total. The second-order valence-electron chi connectivity index (χ2n) is 1.35. The third-order valence-corrected chi connectivity index (χ3v) is 1.26. The van der Waals surface area contributed by atoms with Crippen molar-refractivity contribution in [2.45, 2.75) is 6.42 Å².